The molecule has 0 radical (unpaired) electrons. The Bertz CT molecular complexity index is 1260. The Labute approximate surface area is 158 Å². The number of nitriles is 1. The van der Waals surface area contributed by atoms with Crippen LogP contribution in [0.25, 0.3) is 16.7 Å². The van der Waals surface area contributed by atoms with Gasteiger partial charge in [0.25, 0.3) is 0 Å². The van der Waals surface area contributed by atoms with E-state index in [1.165, 1.54) is 16.7 Å². The van der Waals surface area contributed by atoms with E-state index in [1.54, 1.807) is 0 Å². The highest BCUT2D eigenvalue weighted by Gasteiger charge is 2.26. The standard InChI is InChI=1S/C23H20N4/c1-14-10-11-15(2)20(12-14)26-22-17-7-5-6-16(17)18(13-24)23-25-19-8-3-4-9-21(19)27(22)23/h3-4,8-12,26H,5-7H2,1-2H3. The smallest absolute Gasteiger partial charge is 0.157 e. The maximum Gasteiger partial charge on any atom is 0.157 e. The van der Waals surface area contributed by atoms with Gasteiger partial charge in [0.1, 0.15) is 11.9 Å². The van der Waals surface area contributed by atoms with Crippen LogP contribution in [0.2, 0.25) is 0 Å². The van der Waals surface area contributed by atoms with Crippen molar-refractivity contribution in [3.05, 3.63) is 70.3 Å². The van der Waals surface area contributed by atoms with E-state index in [9.17, 15) is 5.26 Å². The first-order valence-corrected chi connectivity index (χ1v) is 9.36. The average molecular weight is 352 g/mol. The molecular weight excluding hydrogens is 332 g/mol. The lowest BCUT2D eigenvalue weighted by Gasteiger charge is -2.18. The van der Waals surface area contributed by atoms with E-state index in [2.05, 4.69) is 53.9 Å². The molecule has 2 aromatic heterocycles. The minimum Gasteiger partial charge on any atom is -0.341 e. The zero-order valence-corrected chi connectivity index (χ0v) is 15.5. The Kier molecular flexibility index (Phi) is 3.45. The minimum absolute atomic E-state index is 0.727. The minimum atomic E-state index is 0.727. The van der Waals surface area contributed by atoms with E-state index in [0.29, 0.717) is 0 Å². The summed E-state index contributed by atoms with van der Waals surface area (Å²) in [7, 11) is 0. The van der Waals surface area contributed by atoms with Crippen molar-refractivity contribution in [2.24, 2.45) is 0 Å². The Morgan fingerprint density at radius 3 is 2.74 bits per heavy atom. The van der Waals surface area contributed by atoms with Crippen LogP contribution in [-0.2, 0) is 12.8 Å². The third-order valence-electron chi connectivity index (χ3n) is 5.57. The molecule has 2 aromatic carbocycles. The van der Waals surface area contributed by atoms with Crippen LogP contribution in [0.15, 0.2) is 42.5 Å². The molecule has 0 unspecified atom stereocenters. The first-order chi connectivity index (χ1) is 13.2. The molecule has 1 aliphatic carbocycles. The molecule has 132 valence electrons. The molecular formula is C23H20N4. The fraction of sp³-hybridized carbons (Fsp3) is 0.217. The summed E-state index contributed by atoms with van der Waals surface area (Å²) in [5.41, 5.74) is 9.38. The summed E-state index contributed by atoms with van der Waals surface area (Å²) >= 11 is 0. The normalized spacial score (nSPS) is 13.1. The van der Waals surface area contributed by atoms with Gasteiger partial charge in [-0.25, -0.2) is 4.98 Å². The number of anilines is 2. The quantitative estimate of drug-likeness (QED) is 0.539. The van der Waals surface area contributed by atoms with Gasteiger partial charge in [0.2, 0.25) is 0 Å². The Balaban J connectivity index is 1.88. The number of pyridine rings is 1. The fourth-order valence-electron chi connectivity index (χ4n) is 4.22. The topological polar surface area (TPSA) is 53.1 Å². The Hall–Kier alpha value is -3.32. The molecule has 1 N–H and O–H groups in total. The number of imidazole rings is 1. The number of hydrogen-bond acceptors (Lipinski definition) is 3. The van der Waals surface area contributed by atoms with E-state index >= 15 is 0 Å². The van der Waals surface area contributed by atoms with E-state index in [0.717, 1.165) is 58.6 Å². The van der Waals surface area contributed by atoms with Crippen molar-refractivity contribution in [2.75, 3.05) is 5.32 Å². The molecule has 4 aromatic rings. The van der Waals surface area contributed by atoms with Crippen molar-refractivity contribution in [3.63, 3.8) is 0 Å². The maximum absolute atomic E-state index is 9.86. The number of fused-ring (bicyclic) bond motifs is 4. The van der Waals surface area contributed by atoms with Crippen LogP contribution in [-0.4, -0.2) is 9.38 Å². The summed E-state index contributed by atoms with van der Waals surface area (Å²) < 4.78 is 2.14. The van der Waals surface area contributed by atoms with Crippen molar-refractivity contribution >= 4 is 28.2 Å². The lowest BCUT2D eigenvalue weighted by atomic mass is 10.1. The van der Waals surface area contributed by atoms with Gasteiger partial charge in [-0.15, -0.1) is 0 Å². The molecule has 0 atom stereocenters. The number of nitrogens with one attached hydrogen (secondary N) is 1. The van der Waals surface area contributed by atoms with Crippen molar-refractivity contribution in [1.29, 1.82) is 5.26 Å². The molecule has 1 aliphatic rings. The molecule has 5 rings (SSSR count). The zero-order valence-electron chi connectivity index (χ0n) is 15.5. The molecule has 0 saturated heterocycles. The van der Waals surface area contributed by atoms with Gasteiger partial charge in [-0.05, 0) is 73.6 Å². The van der Waals surface area contributed by atoms with Gasteiger partial charge in [-0.2, -0.15) is 5.26 Å². The van der Waals surface area contributed by atoms with Gasteiger partial charge in [-0.1, -0.05) is 24.3 Å². The van der Waals surface area contributed by atoms with Crippen LogP contribution >= 0.6 is 0 Å². The number of aromatic nitrogens is 2. The number of aryl methyl sites for hydroxylation is 2. The van der Waals surface area contributed by atoms with E-state index in [-0.39, 0.29) is 0 Å². The van der Waals surface area contributed by atoms with Crippen LogP contribution in [0.4, 0.5) is 11.5 Å². The lowest BCUT2D eigenvalue weighted by Crippen LogP contribution is -2.07. The maximum atomic E-state index is 9.86. The molecule has 0 bridgehead atoms. The molecule has 4 nitrogen and oxygen atoms in total. The second-order valence-corrected chi connectivity index (χ2v) is 7.35. The van der Waals surface area contributed by atoms with Crippen LogP contribution in [0.1, 0.15) is 34.2 Å². The number of nitrogens with zero attached hydrogens (tertiary/aromatic N) is 3. The van der Waals surface area contributed by atoms with Gasteiger partial charge in [0.05, 0.1) is 16.6 Å². The first-order valence-electron chi connectivity index (χ1n) is 9.36. The summed E-state index contributed by atoms with van der Waals surface area (Å²) in [6.07, 6.45) is 3.01. The number of para-hydroxylation sites is 2. The molecule has 0 amide bonds. The van der Waals surface area contributed by atoms with Crippen LogP contribution < -0.4 is 5.32 Å². The van der Waals surface area contributed by atoms with Crippen molar-refractivity contribution in [3.8, 4) is 6.07 Å². The summed E-state index contributed by atoms with van der Waals surface area (Å²) in [5, 5.41) is 13.6. The zero-order chi connectivity index (χ0) is 18.5. The summed E-state index contributed by atoms with van der Waals surface area (Å²) in [6.45, 7) is 4.23. The highest BCUT2D eigenvalue weighted by atomic mass is 15.1. The summed E-state index contributed by atoms with van der Waals surface area (Å²) in [4.78, 5) is 4.81. The van der Waals surface area contributed by atoms with E-state index in [1.807, 2.05) is 18.2 Å². The second kappa shape index (κ2) is 5.85. The third-order valence-corrected chi connectivity index (χ3v) is 5.57. The van der Waals surface area contributed by atoms with Gasteiger partial charge < -0.3 is 5.32 Å². The van der Waals surface area contributed by atoms with E-state index < -0.39 is 0 Å². The van der Waals surface area contributed by atoms with Gasteiger partial charge >= 0.3 is 0 Å². The lowest BCUT2D eigenvalue weighted by molar-refractivity contribution is 0.910. The molecule has 4 heteroatoms. The van der Waals surface area contributed by atoms with Crippen LogP contribution in [0, 0.1) is 25.2 Å². The van der Waals surface area contributed by atoms with Gasteiger partial charge in [-0.3, -0.25) is 4.40 Å². The molecule has 0 fully saturated rings. The van der Waals surface area contributed by atoms with Crippen molar-refractivity contribution in [2.45, 2.75) is 33.1 Å². The molecule has 27 heavy (non-hydrogen) atoms. The Morgan fingerprint density at radius 2 is 1.89 bits per heavy atom. The second-order valence-electron chi connectivity index (χ2n) is 7.35. The fourth-order valence-corrected chi connectivity index (χ4v) is 4.22. The predicted molar refractivity (Wildman–Crippen MR) is 109 cm³/mol. The third kappa shape index (κ3) is 2.32. The summed E-state index contributed by atoms with van der Waals surface area (Å²) in [6, 6.07) is 17.0. The largest absolute Gasteiger partial charge is 0.341 e. The van der Waals surface area contributed by atoms with Gasteiger partial charge in [0.15, 0.2) is 5.65 Å². The molecule has 2 heterocycles. The highest BCUT2D eigenvalue weighted by molar-refractivity contribution is 5.87. The number of hydrogen-bond donors (Lipinski definition) is 1. The molecule has 0 aliphatic heterocycles. The number of benzene rings is 2. The highest BCUT2D eigenvalue weighted by Crippen LogP contribution is 2.38. The first kappa shape index (κ1) is 15.9. The molecule has 0 saturated carbocycles. The van der Waals surface area contributed by atoms with E-state index in [4.69, 9.17) is 4.98 Å². The SMILES string of the molecule is Cc1ccc(C)c(Nc2c3c(c(C#N)c4nc5ccccc5n24)CCC3)c1. The Morgan fingerprint density at radius 1 is 1.07 bits per heavy atom. The van der Waals surface area contributed by atoms with Gasteiger partial charge in [0, 0.05) is 5.69 Å². The van der Waals surface area contributed by atoms with Crippen LogP contribution in [0.3, 0.4) is 0 Å². The molecule has 0 spiro atoms. The predicted octanol–water partition coefficient (Wildman–Crippen LogP) is 5.21. The number of rotatable bonds is 2. The van der Waals surface area contributed by atoms with Crippen molar-refractivity contribution in [1.82, 2.24) is 9.38 Å². The van der Waals surface area contributed by atoms with Crippen molar-refractivity contribution < 1.29 is 0 Å². The monoisotopic (exact) mass is 352 g/mol. The summed E-state index contributed by atoms with van der Waals surface area (Å²) in [5.74, 6) is 1.05. The average Bonchev–Trinajstić information content (AvgIpc) is 3.29. The van der Waals surface area contributed by atoms with Crippen LogP contribution in [0.5, 0.6) is 0 Å².